The maximum absolute atomic E-state index is 8.96. The van der Waals surface area contributed by atoms with Crippen LogP contribution in [-0.4, -0.2) is 53.2 Å². The molecule has 4 nitrogen and oxygen atoms in total. The second-order valence-corrected chi connectivity index (χ2v) is 12.4. The normalized spacial score (nSPS) is 22.9. The van der Waals surface area contributed by atoms with Gasteiger partial charge in [0.2, 0.25) is 0 Å². The number of amidine groups is 1. The highest BCUT2D eigenvalue weighted by molar-refractivity contribution is 8.13. The van der Waals surface area contributed by atoms with Gasteiger partial charge in [-0.1, -0.05) is 57.7 Å². The third-order valence-electron chi connectivity index (χ3n) is 7.83. The molecule has 2 aliphatic heterocycles. The summed E-state index contributed by atoms with van der Waals surface area (Å²) < 4.78 is 0. The predicted octanol–water partition coefficient (Wildman–Crippen LogP) is 5.70. The number of aliphatic imine (C=N–C) groups is 1. The lowest BCUT2D eigenvalue weighted by Gasteiger charge is -2.42. The average Bonchev–Trinajstić information content (AvgIpc) is 3.07. The molecule has 0 aromatic heterocycles. The number of likely N-dealkylation sites (tertiary alicyclic amines) is 1. The summed E-state index contributed by atoms with van der Waals surface area (Å²) in [4.78, 5) is 7.73. The number of nitrogens with one attached hydrogen (secondary N) is 1. The van der Waals surface area contributed by atoms with Gasteiger partial charge < -0.3 is 15.3 Å². The maximum atomic E-state index is 8.96. The van der Waals surface area contributed by atoms with Gasteiger partial charge in [-0.15, -0.1) is 0 Å². The Labute approximate surface area is 205 Å². The Kier molecular flexibility index (Phi) is 7.92. The fourth-order valence-electron chi connectivity index (χ4n) is 5.44. The second-order valence-electron chi connectivity index (χ2n) is 11.3. The molecule has 5 heteroatoms. The second kappa shape index (κ2) is 10.5. The molecule has 1 fully saturated rings. The van der Waals surface area contributed by atoms with Crippen molar-refractivity contribution in [3.63, 3.8) is 0 Å². The van der Waals surface area contributed by atoms with Crippen molar-refractivity contribution >= 4 is 22.6 Å². The minimum Gasteiger partial charge on any atom is -0.396 e. The molecule has 2 heterocycles. The molecule has 33 heavy (non-hydrogen) atoms. The number of hydrogen-bond acceptors (Lipinski definition) is 5. The Bertz CT molecular complexity index is 881. The summed E-state index contributed by atoms with van der Waals surface area (Å²) in [5.41, 5.74) is 5.94. The molecule has 1 aromatic rings. The summed E-state index contributed by atoms with van der Waals surface area (Å²) in [5, 5.41) is 13.8. The first-order valence-electron chi connectivity index (χ1n) is 13.0. The zero-order chi connectivity index (χ0) is 23.5. The topological polar surface area (TPSA) is 47.9 Å². The number of piperidine rings is 1. The molecule has 2 N–H and O–H groups in total. The van der Waals surface area contributed by atoms with Gasteiger partial charge in [0.15, 0.2) is 5.17 Å². The van der Waals surface area contributed by atoms with Crippen LogP contribution >= 0.6 is 11.8 Å². The van der Waals surface area contributed by atoms with Crippen molar-refractivity contribution in [2.45, 2.75) is 89.5 Å². The van der Waals surface area contributed by atoms with Gasteiger partial charge in [-0.2, -0.15) is 0 Å². The first kappa shape index (κ1) is 24.8. The van der Waals surface area contributed by atoms with Crippen molar-refractivity contribution in [2.24, 2.45) is 4.99 Å². The van der Waals surface area contributed by atoms with E-state index < -0.39 is 0 Å². The molecule has 1 aromatic carbocycles. The summed E-state index contributed by atoms with van der Waals surface area (Å²) in [6.45, 7) is 13.0. The Hall–Kier alpha value is -1.30. The molecule has 4 rings (SSSR count). The highest BCUT2D eigenvalue weighted by Crippen LogP contribution is 2.46. The molecule has 0 amide bonds. The Morgan fingerprint density at radius 2 is 1.79 bits per heavy atom. The molecule has 1 aliphatic carbocycles. The van der Waals surface area contributed by atoms with E-state index in [1.54, 1.807) is 0 Å². The van der Waals surface area contributed by atoms with Gasteiger partial charge in [0.05, 0.1) is 5.70 Å². The molecule has 0 atom stereocenters. The molecule has 3 aliphatic rings. The number of rotatable bonds is 6. The summed E-state index contributed by atoms with van der Waals surface area (Å²) >= 11 is 1.92. The summed E-state index contributed by atoms with van der Waals surface area (Å²) in [5.74, 6) is 1.10. The molecule has 0 spiro atoms. The van der Waals surface area contributed by atoms with Crippen LogP contribution < -0.4 is 5.32 Å². The van der Waals surface area contributed by atoms with Crippen LogP contribution in [0.3, 0.4) is 0 Å². The minimum atomic E-state index is 0.222. The lowest BCUT2D eigenvalue weighted by molar-refractivity contribution is 0.269. The van der Waals surface area contributed by atoms with E-state index in [1.807, 2.05) is 11.8 Å². The third kappa shape index (κ3) is 5.86. The molecular weight excluding hydrogens is 426 g/mol. The minimum absolute atomic E-state index is 0.222. The zero-order valence-electron chi connectivity index (χ0n) is 21.1. The van der Waals surface area contributed by atoms with E-state index >= 15 is 0 Å². The van der Waals surface area contributed by atoms with Crippen molar-refractivity contribution in [3.05, 3.63) is 41.0 Å². The van der Waals surface area contributed by atoms with Crippen LogP contribution in [0.15, 0.2) is 29.3 Å². The zero-order valence-corrected chi connectivity index (χ0v) is 21.9. The van der Waals surface area contributed by atoms with E-state index in [9.17, 15) is 0 Å². The van der Waals surface area contributed by atoms with Gasteiger partial charge in [0.25, 0.3) is 0 Å². The van der Waals surface area contributed by atoms with Crippen LogP contribution in [0.1, 0.15) is 89.3 Å². The largest absolute Gasteiger partial charge is 0.396 e. The van der Waals surface area contributed by atoms with Gasteiger partial charge in [-0.05, 0) is 79.5 Å². The lowest BCUT2D eigenvalue weighted by Crippen LogP contribution is -2.44. The quantitative estimate of drug-likeness (QED) is 0.525. The molecule has 0 saturated carbocycles. The smallest absolute Gasteiger partial charge is 0.164 e. The molecule has 0 unspecified atom stereocenters. The monoisotopic (exact) mass is 469 g/mol. The van der Waals surface area contributed by atoms with Gasteiger partial charge in [-0.3, -0.25) is 0 Å². The molecule has 1 saturated heterocycles. The van der Waals surface area contributed by atoms with E-state index in [0.717, 1.165) is 50.3 Å². The van der Waals surface area contributed by atoms with Gasteiger partial charge in [-0.25, -0.2) is 4.99 Å². The van der Waals surface area contributed by atoms with Crippen molar-refractivity contribution in [1.82, 2.24) is 10.2 Å². The number of unbranched alkanes of at least 4 members (excludes halogenated alkanes) is 1. The van der Waals surface area contributed by atoms with Crippen molar-refractivity contribution in [2.75, 3.05) is 32.0 Å². The van der Waals surface area contributed by atoms with Gasteiger partial charge in [0.1, 0.15) is 0 Å². The molecule has 182 valence electrons. The number of allylic oxidation sites excluding steroid dienone is 1. The highest BCUT2D eigenvalue weighted by Gasteiger charge is 2.37. The SMILES string of the molecule is CC1(C)CCC(C)(C)c2cc(C3=CCCSC(N4CCC(NCCCCO)CC4)=N3)ccc21. The fourth-order valence-corrected chi connectivity index (χ4v) is 6.38. The highest BCUT2D eigenvalue weighted by atomic mass is 32.2. The Morgan fingerprint density at radius 1 is 1.06 bits per heavy atom. The number of aliphatic hydroxyl groups excluding tert-OH is 1. The van der Waals surface area contributed by atoms with E-state index in [1.165, 1.54) is 47.5 Å². The van der Waals surface area contributed by atoms with Crippen LogP contribution in [0.2, 0.25) is 0 Å². The first-order valence-corrected chi connectivity index (χ1v) is 13.9. The number of hydrogen-bond donors (Lipinski definition) is 2. The third-order valence-corrected chi connectivity index (χ3v) is 8.88. The standard InChI is InChI=1S/C28H43N3OS/c1-27(2)13-14-28(3,4)24-20-21(9-10-23(24)27)25-8-7-19-33-26(30-25)31-16-11-22(12-17-31)29-15-5-6-18-32/h8-10,20,22,29,32H,5-7,11-19H2,1-4H3. The summed E-state index contributed by atoms with van der Waals surface area (Å²) in [7, 11) is 0. The average molecular weight is 470 g/mol. The van der Waals surface area contributed by atoms with E-state index in [2.05, 4.69) is 62.2 Å². The van der Waals surface area contributed by atoms with Crippen LogP contribution in [0.25, 0.3) is 5.70 Å². The van der Waals surface area contributed by atoms with Crippen molar-refractivity contribution in [3.8, 4) is 0 Å². The number of thioether (sulfide) groups is 1. The summed E-state index contributed by atoms with van der Waals surface area (Å²) in [6, 6.07) is 7.74. The number of nitrogens with zero attached hydrogens (tertiary/aromatic N) is 2. The number of aliphatic hydroxyl groups is 1. The van der Waals surface area contributed by atoms with Crippen molar-refractivity contribution in [1.29, 1.82) is 0 Å². The number of benzene rings is 1. The van der Waals surface area contributed by atoms with Crippen LogP contribution in [-0.2, 0) is 10.8 Å². The van der Waals surface area contributed by atoms with E-state index in [-0.39, 0.29) is 10.8 Å². The van der Waals surface area contributed by atoms with Crippen molar-refractivity contribution < 1.29 is 5.11 Å². The maximum Gasteiger partial charge on any atom is 0.164 e. The van der Waals surface area contributed by atoms with Crippen LogP contribution in [0.4, 0.5) is 0 Å². The Morgan fingerprint density at radius 3 is 2.52 bits per heavy atom. The molecule has 0 bridgehead atoms. The van der Waals surface area contributed by atoms with Crippen LogP contribution in [0, 0.1) is 0 Å². The van der Waals surface area contributed by atoms with E-state index in [4.69, 9.17) is 10.1 Å². The lowest BCUT2D eigenvalue weighted by atomic mass is 9.63. The first-order chi connectivity index (χ1) is 15.8. The van der Waals surface area contributed by atoms with Crippen LogP contribution in [0.5, 0.6) is 0 Å². The van der Waals surface area contributed by atoms with Gasteiger partial charge in [0, 0.05) is 37.1 Å². The van der Waals surface area contributed by atoms with E-state index in [0.29, 0.717) is 12.6 Å². The number of fused-ring (bicyclic) bond motifs is 1. The van der Waals surface area contributed by atoms with Gasteiger partial charge >= 0.3 is 0 Å². The molecule has 0 radical (unpaired) electrons. The summed E-state index contributed by atoms with van der Waals surface area (Å²) in [6.07, 6.45) is 10.2. The molecular formula is C28H43N3OS. The Balaban J connectivity index is 1.48. The fraction of sp³-hybridized carbons (Fsp3) is 0.679. The predicted molar refractivity (Wildman–Crippen MR) is 143 cm³/mol.